The lowest BCUT2D eigenvalue weighted by Crippen LogP contribution is -2.51. The second-order valence-electron chi connectivity index (χ2n) is 4.54. The summed E-state index contributed by atoms with van der Waals surface area (Å²) in [5, 5.41) is 8.58. The van der Waals surface area contributed by atoms with Gasteiger partial charge in [-0.2, -0.15) is 0 Å². The molecule has 2 unspecified atom stereocenters. The molecule has 1 saturated heterocycles. The number of hydrogen-bond donors (Lipinski definition) is 3. The first kappa shape index (κ1) is 13.0. The monoisotopic (exact) mass is 227 g/mol. The summed E-state index contributed by atoms with van der Waals surface area (Å²) < 4.78 is 0. The molecule has 1 fully saturated rings. The fraction of sp³-hybridized carbons (Fsp3) is 0.818. The van der Waals surface area contributed by atoms with Crippen molar-refractivity contribution in [2.45, 2.75) is 51.7 Å². The normalized spacial score (nSPS) is 21.9. The number of hydrogen-bond acceptors (Lipinski definition) is 3. The molecule has 1 aliphatic rings. The number of carbonyl (C=O) groups is 2. The van der Waals surface area contributed by atoms with E-state index in [0.717, 1.165) is 19.4 Å². The molecule has 1 aliphatic heterocycles. The lowest BCUT2D eigenvalue weighted by molar-refractivity contribution is -0.129. The minimum absolute atomic E-state index is 0.0797. The fourth-order valence-corrected chi connectivity index (χ4v) is 1.70. The van der Waals surface area contributed by atoms with Gasteiger partial charge in [0, 0.05) is 6.04 Å². The van der Waals surface area contributed by atoms with E-state index in [1.54, 1.807) is 6.92 Å². The van der Waals surface area contributed by atoms with Crippen LogP contribution in [0.5, 0.6) is 0 Å². The van der Waals surface area contributed by atoms with Gasteiger partial charge in [0.1, 0.15) is 6.04 Å². The van der Waals surface area contributed by atoms with Crippen LogP contribution in [0, 0.1) is 0 Å². The molecule has 0 aromatic carbocycles. The quantitative estimate of drug-likeness (QED) is 0.621. The average Bonchev–Trinajstić information content (AvgIpc) is 2.68. The number of carbonyl (C=O) groups excluding carboxylic acids is 2. The highest BCUT2D eigenvalue weighted by atomic mass is 16.2. The maximum Gasteiger partial charge on any atom is 0.242 e. The van der Waals surface area contributed by atoms with Crippen molar-refractivity contribution in [1.82, 2.24) is 16.0 Å². The van der Waals surface area contributed by atoms with Crippen molar-refractivity contribution in [3.05, 3.63) is 0 Å². The minimum atomic E-state index is -0.475. The van der Waals surface area contributed by atoms with Crippen LogP contribution in [0.2, 0.25) is 0 Å². The third kappa shape index (κ3) is 3.81. The van der Waals surface area contributed by atoms with Crippen molar-refractivity contribution < 1.29 is 9.59 Å². The Hall–Kier alpha value is -1.10. The molecule has 1 rings (SSSR count). The van der Waals surface area contributed by atoms with Crippen molar-refractivity contribution in [3.63, 3.8) is 0 Å². The first-order valence-electron chi connectivity index (χ1n) is 5.85. The Bertz CT molecular complexity index is 260. The summed E-state index contributed by atoms with van der Waals surface area (Å²) in [5.41, 5.74) is 0. The Balaban J connectivity index is 2.35. The predicted molar refractivity (Wildman–Crippen MR) is 61.9 cm³/mol. The first-order valence-corrected chi connectivity index (χ1v) is 5.85. The molecule has 3 N–H and O–H groups in total. The van der Waals surface area contributed by atoms with Crippen LogP contribution in [0.1, 0.15) is 33.6 Å². The number of nitrogens with one attached hydrogen (secondary N) is 3. The molecule has 5 heteroatoms. The summed E-state index contributed by atoms with van der Waals surface area (Å²) in [5.74, 6) is -0.217. The summed E-state index contributed by atoms with van der Waals surface area (Å²) in [6.45, 7) is 6.37. The molecule has 0 aliphatic carbocycles. The molecular weight excluding hydrogens is 206 g/mol. The van der Waals surface area contributed by atoms with Gasteiger partial charge in [-0.05, 0) is 40.2 Å². The zero-order chi connectivity index (χ0) is 12.1. The van der Waals surface area contributed by atoms with Crippen molar-refractivity contribution in [1.29, 1.82) is 0 Å². The van der Waals surface area contributed by atoms with E-state index >= 15 is 0 Å². The van der Waals surface area contributed by atoms with Crippen LogP contribution >= 0.6 is 0 Å². The Labute approximate surface area is 96.4 Å². The lowest BCUT2D eigenvalue weighted by Gasteiger charge is -2.18. The maximum absolute atomic E-state index is 11.7. The van der Waals surface area contributed by atoms with Crippen LogP contribution in [-0.4, -0.2) is 36.5 Å². The van der Waals surface area contributed by atoms with Gasteiger partial charge < -0.3 is 16.0 Å². The Morgan fingerprint density at radius 1 is 1.25 bits per heavy atom. The largest absolute Gasteiger partial charge is 0.352 e. The van der Waals surface area contributed by atoms with Crippen molar-refractivity contribution in [3.8, 4) is 0 Å². The van der Waals surface area contributed by atoms with E-state index in [0.29, 0.717) is 0 Å². The van der Waals surface area contributed by atoms with Gasteiger partial charge in [-0.25, -0.2) is 0 Å². The second kappa shape index (κ2) is 5.84. The van der Waals surface area contributed by atoms with Crippen LogP contribution in [0.15, 0.2) is 0 Å². The molecule has 0 spiro atoms. The van der Waals surface area contributed by atoms with E-state index in [1.165, 1.54) is 0 Å². The van der Waals surface area contributed by atoms with Crippen molar-refractivity contribution in [2.75, 3.05) is 6.54 Å². The molecule has 0 aromatic heterocycles. The summed E-state index contributed by atoms with van der Waals surface area (Å²) in [6, 6.07) is -0.511. The third-order valence-corrected chi connectivity index (χ3v) is 2.56. The van der Waals surface area contributed by atoms with Gasteiger partial charge in [0.05, 0.1) is 6.04 Å². The topological polar surface area (TPSA) is 70.2 Å². The number of amides is 2. The summed E-state index contributed by atoms with van der Waals surface area (Å²) >= 11 is 0. The predicted octanol–water partition coefficient (Wildman–Crippen LogP) is -0.232. The zero-order valence-corrected chi connectivity index (χ0v) is 10.2. The van der Waals surface area contributed by atoms with Gasteiger partial charge in [-0.3, -0.25) is 9.59 Å². The van der Waals surface area contributed by atoms with Crippen molar-refractivity contribution >= 4 is 11.8 Å². The fourth-order valence-electron chi connectivity index (χ4n) is 1.70. The van der Waals surface area contributed by atoms with Gasteiger partial charge in [-0.1, -0.05) is 0 Å². The second-order valence-corrected chi connectivity index (χ2v) is 4.54. The molecule has 0 bridgehead atoms. The summed E-state index contributed by atoms with van der Waals surface area (Å²) in [6.07, 6.45) is 1.87. The Morgan fingerprint density at radius 2 is 1.94 bits per heavy atom. The average molecular weight is 227 g/mol. The molecule has 16 heavy (non-hydrogen) atoms. The van der Waals surface area contributed by atoms with Crippen LogP contribution in [-0.2, 0) is 9.59 Å². The molecule has 0 saturated carbocycles. The Kier molecular flexibility index (Phi) is 4.73. The minimum Gasteiger partial charge on any atom is -0.352 e. The van der Waals surface area contributed by atoms with Gasteiger partial charge in [0.25, 0.3) is 0 Å². The van der Waals surface area contributed by atoms with E-state index in [4.69, 9.17) is 0 Å². The highest BCUT2D eigenvalue weighted by Gasteiger charge is 2.24. The highest BCUT2D eigenvalue weighted by molar-refractivity contribution is 5.89. The van der Waals surface area contributed by atoms with E-state index in [2.05, 4.69) is 16.0 Å². The molecule has 92 valence electrons. The van der Waals surface area contributed by atoms with Crippen LogP contribution in [0.3, 0.4) is 0 Å². The molecular formula is C11H21N3O2. The maximum atomic E-state index is 11.7. The molecule has 5 nitrogen and oxygen atoms in total. The van der Waals surface area contributed by atoms with E-state index < -0.39 is 6.04 Å². The van der Waals surface area contributed by atoms with Crippen LogP contribution in [0.25, 0.3) is 0 Å². The molecule has 2 atom stereocenters. The van der Waals surface area contributed by atoms with Gasteiger partial charge in [0.15, 0.2) is 0 Å². The molecule has 0 radical (unpaired) electrons. The van der Waals surface area contributed by atoms with Crippen molar-refractivity contribution in [2.24, 2.45) is 0 Å². The van der Waals surface area contributed by atoms with Crippen LogP contribution in [0.4, 0.5) is 0 Å². The zero-order valence-electron chi connectivity index (χ0n) is 10.2. The van der Waals surface area contributed by atoms with E-state index in [9.17, 15) is 9.59 Å². The van der Waals surface area contributed by atoms with Gasteiger partial charge in [0.2, 0.25) is 11.8 Å². The first-order chi connectivity index (χ1) is 7.50. The molecule has 1 heterocycles. The van der Waals surface area contributed by atoms with E-state index in [1.807, 2.05) is 13.8 Å². The van der Waals surface area contributed by atoms with Gasteiger partial charge in [-0.15, -0.1) is 0 Å². The standard InChI is InChI=1S/C11H21N3O2/c1-7(2)13-10(15)8(3)14-11(16)9-5-4-6-12-9/h7-9,12H,4-6H2,1-3H3,(H,13,15)(H,14,16). The number of rotatable bonds is 4. The highest BCUT2D eigenvalue weighted by Crippen LogP contribution is 2.04. The summed E-state index contributed by atoms with van der Waals surface area (Å²) in [4.78, 5) is 23.2. The molecule has 2 amide bonds. The molecule has 0 aromatic rings. The van der Waals surface area contributed by atoms with E-state index in [-0.39, 0.29) is 23.9 Å². The summed E-state index contributed by atoms with van der Waals surface area (Å²) in [7, 11) is 0. The lowest BCUT2D eigenvalue weighted by atomic mass is 10.2. The van der Waals surface area contributed by atoms with Gasteiger partial charge >= 0.3 is 0 Å². The Morgan fingerprint density at radius 3 is 2.44 bits per heavy atom. The smallest absolute Gasteiger partial charge is 0.242 e. The SMILES string of the molecule is CC(C)NC(=O)C(C)NC(=O)C1CCCN1. The van der Waals surface area contributed by atoms with Crippen LogP contribution < -0.4 is 16.0 Å². The third-order valence-electron chi connectivity index (χ3n) is 2.56.